The fourth-order valence-corrected chi connectivity index (χ4v) is 3.08. The van der Waals surface area contributed by atoms with E-state index in [1.165, 1.54) is 11.3 Å². The lowest BCUT2D eigenvalue weighted by Gasteiger charge is -2.34. The van der Waals surface area contributed by atoms with E-state index in [2.05, 4.69) is 20.8 Å². The predicted molar refractivity (Wildman–Crippen MR) is 97.2 cm³/mol. The number of hydrogen-bond donors (Lipinski definition) is 2. The first-order valence-electron chi connectivity index (χ1n) is 8.66. The van der Waals surface area contributed by atoms with Gasteiger partial charge in [-0.3, -0.25) is 14.7 Å². The summed E-state index contributed by atoms with van der Waals surface area (Å²) in [5.74, 6) is 0.608. The molecular weight excluding hydrogens is 352 g/mol. The third-order valence-corrected chi connectivity index (χ3v) is 4.55. The first-order chi connectivity index (χ1) is 13.2. The third kappa shape index (κ3) is 3.80. The number of anilines is 3. The Labute approximate surface area is 155 Å². The van der Waals surface area contributed by atoms with Crippen molar-refractivity contribution in [2.24, 2.45) is 0 Å². The zero-order valence-electron chi connectivity index (χ0n) is 14.6. The predicted octanol–water partition coefficient (Wildman–Crippen LogP) is 0.852. The molecule has 0 unspecified atom stereocenters. The average Bonchev–Trinajstić information content (AvgIpc) is 3.36. The van der Waals surface area contributed by atoms with Crippen LogP contribution in [0.4, 0.5) is 22.0 Å². The van der Waals surface area contributed by atoms with Crippen molar-refractivity contribution in [2.45, 2.75) is 6.10 Å². The fraction of sp³-hybridized carbons (Fsp3) is 0.353. The molecule has 2 saturated heterocycles. The molecule has 1 atom stereocenters. The Morgan fingerprint density at radius 3 is 2.70 bits per heavy atom. The molecule has 10 nitrogen and oxygen atoms in total. The summed E-state index contributed by atoms with van der Waals surface area (Å²) in [4.78, 5) is 26.7. The summed E-state index contributed by atoms with van der Waals surface area (Å²) in [6, 6.07) is 9.42. The van der Waals surface area contributed by atoms with Gasteiger partial charge in [0.1, 0.15) is 12.4 Å². The summed E-state index contributed by atoms with van der Waals surface area (Å²) in [6.45, 7) is 2.83. The van der Waals surface area contributed by atoms with E-state index in [0.717, 1.165) is 24.3 Å². The van der Waals surface area contributed by atoms with Crippen molar-refractivity contribution in [1.29, 1.82) is 0 Å². The highest BCUT2D eigenvalue weighted by molar-refractivity contribution is 5.90. The molecule has 1 aromatic heterocycles. The molecule has 2 aromatic rings. The zero-order chi connectivity index (χ0) is 18.6. The van der Waals surface area contributed by atoms with Crippen molar-refractivity contribution in [1.82, 2.24) is 15.6 Å². The number of rotatable bonds is 6. The standard InChI is InChI=1S/C17H20N6O4/c24-12-22-7-6-21(11-19-22)13-1-3-14(4-2-13)23-10-15(27-17(23)25)9-18-16-5-8-26-20-16/h1-5,8,12,15,19H,6-7,9-11H2,(H,18,20)/t15-/m0/s1. The van der Waals surface area contributed by atoms with Crippen LogP contribution >= 0.6 is 0 Å². The normalized spacial score (nSPS) is 19.9. The molecule has 2 fully saturated rings. The summed E-state index contributed by atoms with van der Waals surface area (Å²) >= 11 is 0. The van der Waals surface area contributed by atoms with Gasteiger partial charge in [0, 0.05) is 24.0 Å². The number of cyclic esters (lactones) is 1. The van der Waals surface area contributed by atoms with Crippen molar-refractivity contribution >= 4 is 29.7 Å². The van der Waals surface area contributed by atoms with Gasteiger partial charge in [0.25, 0.3) is 0 Å². The van der Waals surface area contributed by atoms with Gasteiger partial charge in [-0.15, -0.1) is 0 Å². The molecule has 1 aromatic carbocycles. The molecule has 10 heteroatoms. The number of carbonyl (C=O) groups is 2. The third-order valence-electron chi connectivity index (χ3n) is 4.55. The lowest BCUT2D eigenvalue weighted by Crippen LogP contribution is -2.53. The van der Waals surface area contributed by atoms with Gasteiger partial charge in [0.15, 0.2) is 5.82 Å². The molecule has 2 amide bonds. The van der Waals surface area contributed by atoms with Gasteiger partial charge in [0.2, 0.25) is 6.41 Å². The van der Waals surface area contributed by atoms with Crippen LogP contribution in [0.5, 0.6) is 0 Å². The van der Waals surface area contributed by atoms with Crippen molar-refractivity contribution in [2.75, 3.05) is 48.0 Å². The van der Waals surface area contributed by atoms with Crippen LogP contribution in [0.25, 0.3) is 0 Å². The molecule has 0 aliphatic carbocycles. The van der Waals surface area contributed by atoms with Crippen molar-refractivity contribution in [3.8, 4) is 0 Å². The van der Waals surface area contributed by atoms with E-state index in [9.17, 15) is 9.59 Å². The summed E-state index contributed by atoms with van der Waals surface area (Å²) in [7, 11) is 0. The van der Waals surface area contributed by atoms with Crippen LogP contribution < -0.4 is 20.5 Å². The van der Waals surface area contributed by atoms with E-state index in [-0.39, 0.29) is 12.2 Å². The van der Waals surface area contributed by atoms with E-state index in [4.69, 9.17) is 9.26 Å². The Morgan fingerprint density at radius 2 is 2.04 bits per heavy atom. The van der Waals surface area contributed by atoms with Gasteiger partial charge in [-0.05, 0) is 24.3 Å². The van der Waals surface area contributed by atoms with Gasteiger partial charge >= 0.3 is 6.09 Å². The number of aromatic nitrogens is 1. The van der Waals surface area contributed by atoms with E-state index >= 15 is 0 Å². The highest BCUT2D eigenvalue weighted by atomic mass is 16.6. The van der Waals surface area contributed by atoms with Gasteiger partial charge in [-0.25, -0.2) is 10.2 Å². The topological polar surface area (TPSA) is 103 Å². The molecule has 0 spiro atoms. The second-order valence-corrected chi connectivity index (χ2v) is 6.28. The number of ether oxygens (including phenoxy) is 1. The minimum Gasteiger partial charge on any atom is -0.442 e. The first-order valence-corrected chi connectivity index (χ1v) is 8.66. The van der Waals surface area contributed by atoms with Crippen LogP contribution in [0.1, 0.15) is 0 Å². The Hall–Kier alpha value is -3.27. The van der Waals surface area contributed by atoms with Crippen LogP contribution in [0, 0.1) is 0 Å². The maximum atomic E-state index is 12.2. The van der Waals surface area contributed by atoms with Gasteiger partial charge in [-0.2, -0.15) is 0 Å². The SMILES string of the molecule is O=CN1CCN(c2ccc(N3C[C@H](CNc4ccon4)OC3=O)cc2)CN1. The van der Waals surface area contributed by atoms with Gasteiger partial charge in [-0.1, -0.05) is 5.16 Å². The summed E-state index contributed by atoms with van der Waals surface area (Å²) in [5, 5.41) is 8.36. The lowest BCUT2D eigenvalue weighted by molar-refractivity contribution is -0.121. The average molecular weight is 372 g/mol. The van der Waals surface area contributed by atoms with E-state index < -0.39 is 0 Å². The number of nitrogens with one attached hydrogen (secondary N) is 2. The summed E-state index contributed by atoms with van der Waals surface area (Å²) in [5.41, 5.74) is 4.82. The van der Waals surface area contributed by atoms with Crippen molar-refractivity contribution < 1.29 is 18.8 Å². The molecule has 27 heavy (non-hydrogen) atoms. The highest BCUT2D eigenvalue weighted by Gasteiger charge is 2.32. The molecule has 0 bridgehead atoms. The largest absolute Gasteiger partial charge is 0.442 e. The molecule has 2 aliphatic heterocycles. The second-order valence-electron chi connectivity index (χ2n) is 6.28. The molecule has 142 valence electrons. The van der Waals surface area contributed by atoms with Crippen molar-refractivity contribution in [3.05, 3.63) is 36.6 Å². The van der Waals surface area contributed by atoms with Crippen LogP contribution in [0.2, 0.25) is 0 Å². The number of hydrogen-bond acceptors (Lipinski definition) is 8. The van der Waals surface area contributed by atoms with Gasteiger partial charge < -0.3 is 19.5 Å². The molecule has 0 radical (unpaired) electrons. The van der Waals surface area contributed by atoms with Crippen LogP contribution in [0.15, 0.2) is 41.1 Å². The number of benzene rings is 1. The zero-order valence-corrected chi connectivity index (χ0v) is 14.6. The summed E-state index contributed by atoms with van der Waals surface area (Å²) in [6.07, 6.45) is 1.63. The lowest BCUT2D eigenvalue weighted by atomic mass is 10.2. The number of hydrazine groups is 1. The molecule has 0 saturated carbocycles. The molecule has 3 heterocycles. The summed E-state index contributed by atoms with van der Waals surface area (Å²) < 4.78 is 10.2. The first kappa shape index (κ1) is 17.2. The maximum Gasteiger partial charge on any atom is 0.414 e. The Balaban J connectivity index is 1.34. The Kier molecular flexibility index (Phi) is 4.79. The number of amides is 2. The minimum absolute atomic E-state index is 0.269. The molecular formula is C17H20N6O4. The smallest absolute Gasteiger partial charge is 0.414 e. The second kappa shape index (κ2) is 7.54. The van der Waals surface area contributed by atoms with Crippen LogP contribution in [-0.4, -0.2) is 61.6 Å². The highest BCUT2D eigenvalue weighted by Crippen LogP contribution is 2.25. The van der Waals surface area contributed by atoms with E-state index in [1.54, 1.807) is 11.0 Å². The van der Waals surface area contributed by atoms with Crippen molar-refractivity contribution in [3.63, 3.8) is 0 Å². The monoisotopic (exact) mass is 372 g/mol. The van der Waals surface area contributed by atoms with E-state index in [1.807, 2.05) is 24.3 Å². The number of carbonyl (C=O) groups excluding carboxylic acids is 2. The van der Waals surface area contributed by atoms with Gasteiger partial charge in [0.05, 0.1) is 26.3 Å². The Morgan fingerprint density at radius 1 is 1.22 bits per heavy atom. The van der Waals surface area contributed by atoms with E-state index in [0.29, 0.717) is 32.1 Å². The minimum atomic E-state index is -0.365. The molecule has 2 N–H and O–H groups in total. The van der Waals surface area contributed by atoms with Crippen LogP contribution in [-0.2, 0) is 9.53 Å². The quantitative estimate of drug-likeness (QED) is 0.720. The molecule has 4 rings (SSSR count). The maximum absolute atomic E-state index is 12.2. The molecule has 2 aliphatic rings. The Bertz CT molecular complexity index is 773. The number of nitrogens with zero attached hydrogens (tertiary/aromatic N) is 4. The van der Waals surface area contributed by atoms with Crippen LogP contribution in [0.3, 0.4) is 0 Å². The fourth-order valence-electron chi connectivity index (χ4n) is 3.08.